The molecular formula is C22H24IN3O4. The van der Waals surface area contributed by atoms with Crippen LogP contribution in [0.25, 0.3) is 11.4 Å². The van der Waals surface area contributed by atoms with Gasteiger partial charge in [-0.25, -0.2) is 0 Å². The van der Waals surface area contributed by atoms with Crippen molar-refractivity contribution in [3.05, 3.63) is 58.0 Å². The molecule has 0 N–H and O–H groups in total. The lowest BCUT2D eigenvalue weighted by Gasteiger charge is -2.27. The Balaban J connectivity index is 1.67. The SMILES string of the molecule is CC[C@@H](C)N(Cc1nc(-c2ccc(OC)cc2)no1)C(=O)COc1ccc(I)cc1. The Labute approximate surface area is 189 Å². The van der Waals surface area contributed by atoms with Crippen LogP contribution in [-0.2, 0) is 11.3 Å². The Hall–Kier alpha value is -2.62. The number of halogens is 1. The molecule has 3 rings (SSSR count). The van der Waals surface area contributed by atoms with Crippen molar-refractivity contribution in [2.45, 2.75) is 32.9 Å². The van der Waals surface area contributed by atoms with E-state index in [0.29, 0.717) is 17.5 Å². The van der Waals surface area contributed by atoms with E-state index < -0.39 is 0 Å². The molecule has 0 unspecified atom stereocenters. The minimum Gasteiger partial charge on any atom is -0.497 e. The summed E-state index contributed by atoms with van der Waals surface area (Å²) in [6.07, 6.45) is 0.800. The predicted octanol–water partition coefficient (Wildman–Crippen LogP) is 4.56. The molecule has 158 valence electrons. The third-order valence-corrected chi connectivity index (χ3v) is 5.46. The van der Waals surface area contributed by atoms with Crippen molar-refractivity contribution in [1.82, 2.24) is 15.0 Å². The molecule has 0 fully saturated rings. The third kappa shape index (κ3) is 5.71. The van der Waals surface area contributed by atoms with E-state index >= 15 is 0 Å². The Morgan fingerprint density at radius 1 is 1.13 bits per heavy atom. The van der Waals surface area contributed by atoms with E-state index in [0.717, 1.165) is 21.3 Å². The first-order valence-corrected chi connectivity index (χ1v) is 10.7. The molecule has 2 aromatic carbocycles. The molecule has 7 nitrogen and oxygen atoms in total. The average Bonchev–Trinajstić information content (AvgIpc) is 3.25. The van der Waals surface area contributed by atoms with E-state index in [4.69, 9.17) is 14.0 Å². The Bertz CT molecular complexity index is 957. The molecule has 0 radical (unpaired) electrons. The first kappa shape index (κ1) is 22.1. The highest BCUT2D eigenvalue weighted by molar-refractivity contribution is 14.1. The molecule has 0 aliphatic heterocycles. The second kappa shape index (κ2) is 10.4. The van der Waals surface area contributed by atoms with E-state index in [-0.39, 0.29) is 25.1 Å². The average molecular weight is 521 g/mol. The Morgan fingerprint density at radius 3 is 2.43 bits per heavy atom. The van der Waals surface area contributed by atoms with Crippen LogP contribution in [0.2, 0.25) is 0 Å². The predicted molar refractivity (Wildman–Crippen MR) is 121 cm³/mol. The van der Waals surface area contributed by atoms with Crippen LogP contribution in [0.4, 0.5) is 0 Å². The number of benzene rings is 2. The van der Waals surface area contributed by atoms with Gasteiger partial charge in [0.25, 0.3) is 5.91 Å². The smallest absolute Gasteiger partial charge is 0.261 e. The van der Waals surface area contributed by atoms with Crippen molar-refractivity contribution in [3.63, 3.8) is 0 Å². The summed E-state index contributed by atoms with van der Waals surface area (Å²) in [7, 11) is 1.62. The van der Waals surface area contributed by atoms with Gasteiger partial charge in [0.15, 0.2) is 6.61 Å². The lowest BCUT2D eigenvalue weighted by atomic mass is 10.2. The second-order valence-electron chi connectivity index (χ2n) is 6.76. The maximum absolute atomic E-state index is 12.8. The molecule has 0 spiro atoms. The van der Waals surface area contributed by atoms with Crippen molar-refractivity contribution in [2.75, 3.05) is 13.7 Å². The Morgan fingerprint density at radius 2 is 1.80 bits per heavy atom. The van der Waals surface area contributed by atoms with Gasteiger partial charge in [-0.2, -0.15) is 4.98 Å². The normalized spacial score (nSPS) is 11.7. The zero-order valence-corrected chi connectivity index (χ0v) is 19.3. The number of nitrogens with zero attached hydrogens (tertiary/aromatic N) is 3. The van der Waals surface area contributed by atoms with E-state index in [1.165, 1.54) is 0 Å². The summed E-state index contributed by atoms with van der Waals surface area (Å²) in [5, 5.41) is 4.04. The van der Waals surface area contributed by atoms with Gasteiger partial charge < -0.3 is 18.9 Å². The van der Waals surface area contributed by atoms with E-state index in [1.807, 2.05) is 62.4 Å². The molecule has 1 amide bonds. The van der Waals surface area contributed by atoms with Crippen molar-refractivity contribution >= 4 is 28.5 Å². The fourth-order valence-corrected chi connectivity index (χ4v) is 3.15. The molecule has 1 atom stereocenters. The van der Waals surface area contributed by atoms with Gasteiger partial charge in [-0.05, 0) is 84.5 Å². The number of ether oxygens (including phenoxy) is 2. The van der Waals surface area contributed by atoms with E-state index in [9.17, 15) is 4.79 Å². The number of carbonyl (C=O) groups is 1. The van der Waals surface area contributed by atoms with Crippen molar-refractivity contribution in [1.29, 1.82) is 0 Å². The zero-order chi connectivity index (χ0) is 21.5. The lowest BCUT2D eigenvalue weighted by Crippen LogP contribution is -2.40. The maximum Gasteiger partial charge on any atom is 0.261 e. The second-order valence-corrected chi connectivity index (χ2v) is 8.01. The monoisotopic (exact) mass is 521 g/mol. The summed E-state index contributed by atoms with van der Waals surface area (Å²) in [5.41, 5.74) is 0.814. The third-order valence-electron chi connectivity index (χ3n) is 4.74. The van der Waals surface area contributed by atoms with Crippen LogP contribution in [-0.4, -0.2) is 40.7 Å². The van der Waals surface area contributed by atoms with Crippen LogP contribution in [0.15, 0.2) is 53.1 Å². The van der Waals surface area contributed by atoms with Crippen LogP contribution in [0.3, 0.4) is 0 Å². The quantitative estimate of drug-likeness (QED) is 0.385. The molecule has 3 aromatic rings. The van der Waals surface area contributed by atoms with Gasteiger partial charge in [-0.3, -0.25) is 4.79 Å². The summed E-state index contributed by atoms with van der Waals surface area (Å²) < 4.78 is 17.3. The zero-order valence-electron chi connectivity index (χ0n) is 17.2. The first-order chi connectivity index (χ1) is 14.5. The van der Waals surface area contributed by atoms with Crippen LogP contribution < -0.4 is 9.47 Å². The van der Waals surface area contributed by atoms with E-state index in [2.05, 4.69) is 32.7 Å². The standard InChI is InChI=1S/C22H24IN3O4/c1-4-15(2)26(21(27)14-29-19-11-7-17(23)8-12-19)13-20-24-22(25-30-20)16-5-9-18(28-3)10-6-16/h5-12,15H,4,13-14H2,1-3H3/t15-/m1/s1. The van der Waals surface area contributed by atoms with Crippen LogP contribution >= 0.6 is 22.6 Å². The molecule has 1 heterocycles. The molecule has 0 bridgehead atoms. The number of rotatable bonds is 9. The van der Waals surface area contributed by atoms with Crippen molar-refractivity contribution < 1.29 is 18.8 Å². The number of carbonyl (C=O) groups excluding carboxylic acids is 1. The molecule has 0 saturated heterocycles. The molecular weight excluding hydrogens is 497 g/mol. The molecule has 30 heavy (non-hydrogen) atoms. The minimum atomic E-state index is -0.132. The summed E-state index contributed by atoms with van der Waals surface area (Å²) in [6.45, 7) is 4.20. The molecule has 0 aliphatic rings. The van der Waals surface area contributed by atoms with Gasteiger partial charge >= 0.3 is 0 Å². The molecule has 0 aliphatic carbocycles. The van der Waals surface area contributed by atoms with Gasteiger partial charge in [-0.15, -0.1) is 0 Å². The Kier molecular flexibility index (Phi) is 7.67. The van der Waals surface area contributed by atoms with Gasteiger partial charge in [0.05, 0.1) is 7.11 Å². The van der Waals surface area contributed by atoms with Crippen molar-refractivity contribution in [3.8, 4) is 22.9 Å². The number of methoxy groups -OCH3 is 1. The summed E-state index contributed by atoms with van der Waals surface area (Å²) in [6, 6.07) is 15.0. The van der Waals surface area contributed by atoms with Gasteiger partial charge in [0.2, 0.25) is 11.7 Å². The highest BCUT2D eigenvalue weighted by Crippen LogP contribution is 2.21. The molecule has 0 saturated carbocycles. The topological polar surface area (TPSA) is 77.7 Å². The number of amides is 1. The number of hydrogen-bond acceptors (Lipinski definition) is 6. The van der Waals surface area contributed by atoms with Gasteiger partial charge in [0.1, 0.15) is 18.0 Å². The maximum atomic E-state index is 12.8. The largest absolute Gasteiger partial charge is 0.497 e. The highest BCUT2D eigenvalue weighted by Gasteiger charge is 2.23. The fourth-order valence-electron chi connectivity index (χ4n) is 2.79. The van der Waals surface area contributed by atoms with Gasteiger partial charge in [-0.1, -0.05) is 12.1 Å². The van der Waals surface area contributed by atoms with Crippen LogP contribution in [0, 0.1) is 3.57 Å². The fraction of sp³-hybridized carbons (Fsp3) is 0.318. The van der Waals surface area contributed by atoms with E-state index in [1.54, 1.807) is 12.0 Å². The minimum absolute atomic E-state index is 0.00848. The number of aromatic nitrogens is 2. The van der Waals surface area contributed by atoms with Crippen LogP contribution in [0.1, 0.15) is 26.2 Å². The first-order valence-electron chi connectivity index (χ1n) is 9.65. The van der Waals surface area contributed by atoms with Gasteiger partial charge in [0, 0.05) is 15.2 Å². The highest BCUT2D eigenvalue weighted by atomic mass is 127. The molecule has 1 aromatic heterocycles. The number of hydrogen-bond donors (Lipinski definition) is 0. The van der Waals surface area contributed by atoms with Crippen molar-refractivity contribution in [2.24, 2.45) is 0 Å². The summed E-state index contributed by atoms with van der Waals surface area (Å²) >= 11 is 2.22. The summed E-state index contributed by atoms with van der Waals surface area (Å²) in [4.78, 5) is 19.0. The van der Waals surface area contributed by atoms with Crippen LogP contribution in [0.5, 0.6) is 11.5 Å². The lowest BCUT2D eigenvalue weighted by molar-refractivity contribution is -0.136. The molecule has 8 heteroatoms. The summed E-state index contributed by atoms with van der Waals surface area (Å²) in [5.74, 6) is 2.13.